The van der Waals surface area contributed by atoms with Gasteiger partial charge in [-0.25, -0.2) is 26.3 Å². The van der Waals surface area contributed by atoms with Crippen molar-refractivity contribution in [2.45, 2.75) is 6.18 Å². The molecule has 0 spiro atoms. The van der Waals surface area contributed by atoms with Gasteiger partial charge in [-0.2, -0.15) is 13.2 Å². The average molecular weight is 330 g/mol. The summed E-state index contributed by atoms with van der Waals surface area (Å²) < 4.78 is 117. The third-order valence-corrected chi connectivity index (χ3v) is 2.78. The number of benzene rings is 2. The summed E-state index contributed by atoms with van der Waals surface area (Å²) in [5.41, 5.74) is -4.29. The van der Waals surface area contributed by atoms with E-state index >= 15 is 0 Å². The quantitative estimate of drug-likeness (QED) is 0.383. The van der Waals surface area contributed by atoms with Crippen molar-refractivity contribution in [3.05, 3.63) is 58.7 Å². The van der Waals surface area contributed by atoms with E-state index in [9.17, 15) is 39.5 Å². The van der Waals surface area contributed by atoms with Crippen molar-refractivity contribution in [1.82, 2.24) is 0 Å². The summed E-state index contributed by atoms with van der Waals surface area (Å²) in [6.45, 7) is 0. The van der Waals surface area contributed by atoms with E-state index in [0.29, 0.717) is 0 Å². The van der Waals surface area contributed by atoms with Crippen LogP contribution in [-0.4, -0.2) is 0 Å². The standard InChI is InChI=1S/C13H3F9/c14-6-3-4(13(20,21)22)1-2-5(6)7-8(15)10(17)12(19)11(18)9(7)16/h1-3H. The lowest BCUT2D eigenvalue weighted by molar-refractivity contribution is -0.137. The van der Waals surface area contributed by atoms with Gasteiger partial charge in [0, 0.05) is 5.56 Å². The molecule has 0 atom stereocenters. The minimum Gasteiger partial charge on any atom is -0.206 e. The molecule has 0 nitrogen and oxygen atoms in total. The zero-order valence-electron chi connectivity index (χ0n) is 10.1. The molecule has 2 aromatic carbocycles. The lowest BCUT2D eigenvalue weighted by Crippen LogP contribution is -2.08. The third kappa shape index (κ3) is 2.51. The smallest absolute Gasteiger partial charge is 0.206 e. The zero-order chi connectivity index (χ0) is 16.8. The molecule has 118 valence electrons. The molecule has 0 fully saturated rings. The monoisotopic (exact) mass is 330 g/mol. The molecule has 0 bridgehead atoms. The molecule has 0 radical (unpaired) electrons. The van der Waals surface area contributed by atoms with Crippen molar-refractivity contribution in [3.8, 4) is 11.1 Å². The van der Waals surface area contributed by atoms with Crippen LogP contribution in [0, 0.1) is 34.9 Å². The summed E-state index contributed by atoms with van der Waals surface area (Å²) in [6.07, 6.45) is -4.93. The van der Waals surface area contributed by atoms with E-state index in [-0.39, 0.29) is 18.2 Å². The summed E-state index contributed by atoms with van der Waals surface area (Å²) in [7, 11) is 0. The molecule has 0 amide bonds. The van der Waals surface area contributed by atoms with Gasteiger partial charge in [-0.3, -0.25) is 0 Å². The topological polar surface area (TPSA) is 0 Å². The Morgan fingerprint density at radius 2 is 1.09 bits per heavy atom. The number of hydrogen-bond donors (Lipinski definition) is 0. The van der Waals surface area contributed by atoms with Crippen LogP contribution in [0.25, 0.3) is 11.1 Å². The molecule has 0 unspecified atom stereocenters. The Morgan fingerprint density at radius 3 is 1.50 bits per heavy atom. The lowest BCUT2D eigenvalue weighted by atomic mass is 10.0. The van der Waals surface area contributed by atoms with Gasteiger partial charge in [0.1, 0.15) is 5.82 Å². The molecule has 0 aliphatic carbocycles. The van der Waals surface area contributed by atoms with E-state index in [0.717, 1.165) is 0 Å². The van der Waals surface area contributed by atoms with E-state index in [2.05, 4.69) is 0 Å². The molecule has 9 heteroatoms. The van der Waals surface area contributed by atoms with E-state index in [1.165, 1.54) is 0 Å². The summed E-state index contributed by atoms with van der Waals surface area (Å²) in [4.78, 5) is 0. The Bertz CT molecular complexity index is 717. The maximum atomic E-state index is 13.6. The van der Waals surface area contributed by atoms with Gasteiger partial charge >= 0.3 is 6.18 Å². The highest BCUT2D eigenvalue weighted by molar-refractivity contribution is 5.66. The minimum absolute atomic E-state index is 0.104. The Balaban J connectivity index is 2.74. The van der Waals surface area contributed by atoms with Crippen molar-refractivity contribution >= 4 is 0 Å². The number of rotatable bonds is 1. The SMILES string of the molecule is Fc1cc(C(F)(F)F)ccc1-c1c(F)c(F)c(F)c(F)c1F. The van der Waals surface area contributed by atoms with Crippen molar-refractivity contribution < 1.29 is 39.5 Å². The minimum atomic E-state index is -4.93. The van der Waals surface area contributed by atoms with Crippen LogP contribution in [-0.2, 0) is 6.18 Å². The fraction of sp³-hybridized carbons (Fsp3) is 0.0769. The molecule has 0 aliphatic heterocycles. The van der Waals surface area contributed by atoms with Crippen molar-refractivity contribution in [2.24, 2.45) is 0 Å². The first-order valence-electron chi connectivity index (χ1n) is 5.44. The van der Waals surface area contributed by atoms with Crippen LogP contribution in [0.1, 0.15) is 5.56 Å². The Labute approximate surface area is 116 Å². The largest absolute Gasteiger partial charge is 0.416 e. The first-order valence-corrected chi connectivity index (χ1v) is 5.44. The highest BCUT2D eigenvalue weighted by Gasteiger charge is 2.33. The van der Waals surface area contributed by atoms with Gasteiger partial charge < -0.3 is 0 Å². The maximum Gasteiger partial charge on any atom is 0.416 e. The highest BCUT2D eigenvalue weighted by atomic mass is 19.4. The highest BCUT2D eigenvalue weighted by Crippen LogP contribution is 2.36. The lowest BCUT2D eigenvalue weighted by Gasteiger charge is -2.11. The molecule has 2 aromatic rings. The van der Waals surface area contributed by atoms with Gasteiger partial charge in [0.05, 0.1) is 11.1 Å². The van der Waals surface area contributed by atoms with E-state index < -0.39 is 57.8 Å². The predicted molar refractivity (Wildman–Crippen MR) is 56.6 cm³/mol. The summed E-state index contributed by atoms with van der Waals surface area (Å²) in [6, 6.07) is 0.445. The Kier molecular flexibility index (Phi) is 3.84. The van der Waals surface area contributed by atoms with Gasteiger partial charge in [0.25, 0.3) is 0 Å². The maximum absolute atomic E-state index is 13.6. The fourth-order valence-corrected chi connectivity index (χ4v) is 1.74. The molecule has 0 aliphatic rings. The fourth-order valence-electron chi connectivity index (χ4n) is 1.74. The van der Waals surface area contributed by atoms with Gasteiger partial charge in [0.15, 0.2) is 23.3 Å². The average Bonchev–Trinajstić information content (AvgIpc) is 2.43. The first-order chi connectivity index (χ1) is 10.1. The van der Waals surface area contributed by atoms with Crippen LogP contribution in [0.5, 0.6) is 0 Å². The van der Waals surface area contributed by atoms with E-state index in [1.807, 2.05) is 0 Å². The molecule has 22 heavy (non-hydrogen) atoms. The van der Waals surface area contributed by atoms with Crippen LogP contribution < -0.4 is 0 Å². The Hall–Kier alpha value is -2.19. The van der Waals surface area contributed by atoms with Crippen molar-refractivity contribution in [2.75, 3.05) is 0 Å². The van der Waals surface area contributed by atoms with Gasteiger partial charge in [-0.1, -0.05) is 6.07 Å². The van der Waals surface area contributed by atoms with Crippen LogP contribution >= 0.6 is 0 Å². The second-order valence-corrected chi connectivity index (χ2v) is 4.14. The number of alkyl halides is 3. The van der Waals surface area contributed by atoms with Gasteiger partial charge in [-0.15, -0.1) is 0 Å². The molecule has 0 heterocycles. The summed E-state index contributed by atoms with van der Waals surface area (Å²) >= 11 is 0. The van der Waals surface area contributed by atoms with Crippen LogP contribution in [0.15, 0.2) is 18.2 Å². The van der Waals surface area contributed by atoms with Gasteiger partial charge in [0.2, 0.25) is 5.82 Å². The van der Waals surface area contributed by atoms with E-state index in [1.54, 1.807) is 0 Å². The van der Waals surface area contributed by atoms with Gasteiger partial charge in [-0.05, 0) is 12.1 Å². The molecule has 0 N–H and O–H groups in total. The molecule has 2 rings (SSSR count). The molecule has 0 aromatic heterocycles. The molecule has 0 saturated carbocycles. The van der Waals surface area contributed by atoms with Crippen LogP contribution in [0.4, 0.5) is 39.5 Å². The van der Waals surface area contributed by atoms with Crippen molar-refractivity contribution in [1.29, 1.82) is 0 Å². The Morgan fingerprint density at radius 1 is 0.636 bits per heavy atom. The second kappa shape index (κ2) is 5.22. The summed E-state index contributed by atoms with van der Waals surface area (Å²) in [5, 5.41) is 0. The first kappa shape index (κ1) is 16.2. The van der Waals surface area contributed by atoms with Crippen molar-refractivity contribution in [3.63, 3.8) is 0 Å². The predicted octanol–water partition coefficient (Wildman–Crippen LogP) is 5.21. The normalized spacial score (nSPS) is 11.9. The van der Waals surface area contributed by atoms with E-state index in [4.69, 9.17) is 0 Å². The number of halogens is 9. The van der Waals surface area contributed by atoms with Crippen LogP contribution in [0.3, 0.4) is 0 Å². The molecule has 0 saturated heterocycles. The molecular weight excluding hydrogens is 327 g/mol. The third-order valence-electron chi connectivity index (χ3n) is 2.78. The zero-order valence-corrected chi connectivity index (χ0v) is 10.1. The summed E-state index contributed by atoms with van der Waals surface area (Å²) in [5.74, 6) is -13.6. The second-order valence-electron chi connectivity index (χ2n) is 4.14. The number of hydrogen-bond acceptors (Lipinski definition) is 0. The molecular formula is C13H3F9. The van der Waals surface area contributed by atoms with Crippen LogP contribution in [0.2, 0.25) is 0 Å².